The van der Waals surface area contributed by atoms with Gasteiger partial charge in [-0.15, -0.1) is 0 Å². The zero-order valence-electron chi connectivity index (χ0n) is 10.9. The summed E-state index contributed by atoms with van der Waals surface area (Å²) in [5.74, 6) is 0.0783. The Morgan fingerprint density at radius 3 is 2.76 bits per heavy atom. The normalized spacial score (nSPS) is 12.5. The van der Waals surface area contributed by atoms with Crippen LogP contribution in [-0.4, -0.2) is 19.2 Å². The molecule has 1 rings (SSSR count). The highest BCUT2D eigenvalue weighted by atomic mass is 19.1. The van der Waals surface area contributed by atoms with Crippen LogP contribution in [0.2, 0.25) is 0 Å². The number of halogens is 1. The number of benzene rings is 1. The number of hydrogen-bond acceptors (Lipinski definition) is 2. The van der Waals surface area contributed by atoms with Crippen LogP contribution in [0.25, 0.3) is 0 Å². The van der Waals surface area contributed by atoms with E-state index in [-0.39, 0.29) is 11.9 Å². The van der Waals surface area contributed by atoms with Gasteiger partial charge in [0.05, 0.1) is 0 Å². The highest BCUT2D eigenvalue weighted by Gasteiger charge is 2.12. The van der Waals surface area contributed by atoms with Crippen molar-refractivity contribution in [3.8, 4) is 5.75 Å². The number of rotatable bonds is 7. The lowest BCUT2D eigenvalue weighted by molar-refractivity contribution is 0.179. The lowest BCUT2D eigenvalue weighted by atomic mass is 10.2. The predicted molar refractivity (Wildman–Crippen MR) is 69.0 cm³/mol. The van der Waals surface area contributed by atoms with Crippen molar-refractivity contribution in [3.63, 3.8) is 0 Å². The van der Waals surface area contributed by atoms with Crippen molar-refractivity contribution in [2.24, 2.45) is 0 Å². The van der Waals surface area contributed by atoms with Crippen LogP contribution in [0.1, 0.15) is 32.3 Å². The number of likely N-dealkylation sites (N-methyl/N-ethyl adjacent to an activating group) is 1. The van der Waals surface area contributed by atoms with Crippen LogP contribution < -0.4 is 10.1 Å². The summed E-state index contributed by atoms with van der Waals surface area (Å²) in [4.78, 5) is 0. The number of ether oxygens (including phenoxy) is 1. The summed E-state index contributed by atoms with van der Waals surface area (Å²) >= 11 is 0. The van der Waals surface area contributed by atoms with Gasteiger partial charge in [-0.3, -0.25) is 0 Å². The van der Waals surface area contributed by atoms with Crippen LogP contribution in [0.15, 0.2) is 18.2 Å². The molecule has 2 nitrogen and oxygen atoms in total. The van der Waals surface area contributed by atoms with Crippen LogP contribution in [0.5, 0.6) is 5.75 Å². The standard InChI is InChI=1S/C14H22FNO/c1-4-6-12(10-16-5-2)17-14-9-11(3)7-8-13(14)15/h7-9,12,16H,4-6,10H2,1-3H3. The van der Waals surface area contributed by atoms with Crippen molar-refractivity contribution in [2.45, 2.75) is 39.7 Å². The van der Waals surface area contributed by atoms with Gasteiger partial charge < -0.3 is 10.1 Å². The molecule has 0 spiro atoms. The average molecular weight is 239 g/mol. The molecule has 1 aromatic carbocycles. The van der Waals surface area contributed by atoms with Crippen LogP contribution >= 0.6 is 0 Å². The largest absolute Gasteiger partial charge is 0.486 e. The van der Waals surface area contributed by atoms with E-state index in [1.54, 1.807) is 12.1 Å². The zero-order chi connectivity index (χ0) is 12.7. The zero-order valence-corrected chi connectivity index (χ0v) is 10.9. The monoisotopic (exact) mass is 239 g/mol. The highest BCUT2D eigenvalue weighted by Crippen LogP contribution is 2.20. The Labute approximate surface area is 103 Å². The van der Waals surface area contributed by atoms with Crippen LogP contribution in [0, 0.1) is 12.7 Å². The van der Waals surface area contributed by atoms with Crippen molar-refractivity contribution in [3.05, 3.63) is 29.6 Å². The summed E-state index contributed by atoms with van der Waals surface area (Å²) in [5, 5.41) is 3.24. The smallest absolute Gasteiger partial charge is 0.165 e. The number of aryl methyl sites for hydroxylation is 1. The third kappa shape index (κ3) is 4.73. The summed E-state index contributed by atoms with van der Waals surface area (Å²) in [6.07, 6.45) is 2.00. The Balaban J connectivity index is 2.67. The second kappa shape index (κ2) is 7.28. The molecule has 0 aliphatic heterocycles. The van der Waals surface area contributed by atoms with E-state index in [4.69, 9.17) is 4.74 Å². The van der Waals surface area contributed by atoms with Gasteiger partial charge >= 0.3 is 0 Å². The maximum absolute atomic E-state index is 13.5. The number of hydrogen-bond donors (Lipinski definition) is 1. The maximum Gasteiger partial charge on any atom is 0.165 e. The van der Waals surface area contributed by atoms with Gasteiger partial charge in [-0.1, -0.05) is 26.3 Å². The lowest BCUT2D eigenvalue weighted by Gasteiger charge is -2.19. The molecule has 3 heteroatoms. The molecule has 0 aliphatic rings. The fourth-order valence-electron chi connectivity index (χ4n) is 1.71. The SMILES string of the molecule is CCCC(CNCC)Oc1cc(C)ccc1F. The first-order chi connectivity index (χ1) is 8.17. The van der Waals surface area contributed by atoms with E-state index in [1.165, 1.54) is 6.07 Å². The minimum Gasteiger partial charge on any atom is -0.486 e. The summed E-state index contributed by atoms with van der Waals surface area (Å²) < 4.78 is 19.3. The molecule has 0 saturated heterocycles. The summed E-state index contributed by atoms with van der Waals surface area (Å²) in [5.41, 5.74) is 1.01. The van der Waals surface area contributed by atoms with Crippen LogP contribution in [0.4, 0.5) is 4.39 Å². The van der Waals surface area contributed by atoms with Gasteiger partial charge in [0.15, 0.2) is 11.6 Å². The van der Waals surface area contributed by atoms with Gasteiger partial charge in [0.25, 0.3) is 0 Å². The molecular weight excluding hydrogens is 217 g/mol. The maximum atomic E-state index is 13.5. The molecular formula is C14H22FNO. The fraction of sp³-hybridized carbons (Fsp3) is 0.571. The lowest BCUT2D eigenvalue weighted by Crippen LogP contribution is -2.31. The van der Waals surface area contributed by atoms with E-state index in [1.807, 2.05) is 6.92 Å². The van der Waals surface area contributed by atoms with Crippen molar-refractivity contribution in [1.82, 2.24) is 5.32 Å². The van der Waals surface area contributed by atoms with Crippen molar-refractivity contribution in [1.29, 1.82) is 0 Å². The Morgan fingerprint density at radius 1 is 1.35 bits per heavy atom. The highest BCUT2D eigenvalue weighted by molar-refractivity contribution is 5.29. The third-order valence-corrected chi connectivity index (χ3v) is 2.61. The molecule has 17 heavy (non-hydrogen) atoms. The summed E-state index contributed by atoms with van der Waals surface area (Å²) in [7, 11) is 0. The quantitative estimate of drug-likeness (QED) is 0.788. The molecule has 0 saturated carbocycles. The second-order valence-corrected chi connectivity index (χ2v) is 4.27. The van der Waals surface area contributed by atoms with Gasteiger partial charge in [0.1, 0.15) is 6.10 Å². The van der Waals surface area contributed by atoms with Crippen molar-refractivity contribution in [2.75, 3.05) is 13.1 Å². The topological polar surface area (TPSA) is 21.3 Å². The Bertz CT molecular complexity index is 341. The molecule has 0 fully saturated rings. The second-order valence-electron chi connectivity index (χ2n) is 4.27. The molecule has 1 atom stereocenters. The van der Waals surface area contributed by atoms with E-state index in [0.717, 1.165) is 31.5 Å². The number of nitrogens with one attached hydrogen (secondary N) is 1. The molecule has 0 amide bonds. The molecule has 0 radical (unpaired) electrons. The van der Waals surface area contributed by atoms with Gasteiger partial charge in [0.2, 0.25) is 0 Å². The predicted octanol–water partition coefficient (Wildman–Crippen LogP) is 3.29. The van der Waals surface area contributed by atoms with E-state index < -0.39 is 0 Å². The van der Waals surface area contributed by atoms with Gasteiger partial charge in [-0.05, 0) is 37.6 Å². The summed E-state index contributed by atoms with van der Waals surface area (Å²) in [6.45, 7) is 7.76. The molecule has 1 unspecified atom stereocenters. The molecule has 96 valence electrons. The minimum atomic E-state index is -0.284. The molecule has 0 bridgehead atoms. The first-order valence-electron chi connectivity index (χ1n) is 6.30. The molecule has 0 aromatic heterocycles. The van der Waals surface area contributed by atoms with E-state index in [0.29, 0.717) is 5.75 Å². The van der Waals surface area contributed by atoms with Gasteiger partial charge in [0, 0.05) is 6.54 Å². The Hall–Kier alpha value is -1.09. The molecule has 1 aromatic rings. The van der Waals surface area contributed by atoms with Gasteiger partial charge in [-0.25, -0.2) is 4.39 Å². The van der Waals surface area contributed by atoms with E-state index >= 15 is 0 Å². The van der Waals surface area contributed by atoms with Gasteiger partial charge in [-0.2, -0.15) is 0 Å². The third-order valence-electron chi connectivity index (χ3n) is 2.61. The molecule has 1 N–H and O–H groups in total. The first-order valence-corrected chi connectivity index (χ1v) is 6.30. The van der Waals surface area contributed by atoms with Crippen molar-refractivity contribution >= 4 is 0 Å². The first kappa shape index (κ1) is 14.0. The van der Waals surface area contributed by atoms with Crippen molar-refractivity contribution < 1.29 is 9.13 Å². The minimum absolute atomic E-state index is 0.0382. The Morgan fingerprint density at radius 2 is 2.12 bits per heavy atom. The Kier molecular flexibility index (Phi) is 5.98. The van der Waals surface area contributed by atoms with E-state index in [9.17, 15) is 4.39 Å². The summed E-state index contributed by atoms with van der Waals surface area (Å²) in [6, 6.07) is 4.96. The fourth-order valence-corrected chi connectivity index (χ4v) is 1.71. The average Bonchev–Trinajstić information content (AvgIpc) is 2.31. The van der Waals surface area contributed by atoms with E-state index in [2.05, 4.69) is 19.2 Å². The molecule has 0 heterocycles. The molecule has 0 aliphatic carbocycles. The van der Waals surface area contributed by atoms with Crippen LogP contribution in [-0.2, 0) is 0 Å². The van der Waals surface area contributed by atoms with Crippen LogP contribution in [0.3, 0.4) is 0 Å².